The van der Waals surface area contributed by atoms with Crippen LogP contribution in [0, 0.1) is 0 Å². The summed E-state index contributed by atoms with van der Waals surface area (Å²) in [6.45, 7) is 1.00. The van der Waals surface area contributed by atoms with Crippen LogP contribution in [0.25, 0.3) is 10.9 Å². The highest BCUT2D eigenvalue weighted by atomic mass is 16.5. The molecule has 4 nitrogen and oxygen atoms in total. The lowest BCUT2D eigenvalue weighted by molar-refractivity contribution is 0.0776. The van der Waals surface area contributed by atoms with Crippen LogP contribution in [0.15, 0.2) is 60.8 Å². The quantitative estimate of drug-likeness (QED) is 0.784. The minimum absolute atomic E-state index is 0.00545. The third-order valence-corrected chi connectivity index (χ3v) is 3.60. The predicted molar refractivity (Wildman–Crippen MR) is 87.2 cm³/mol. The zero-order valence-corrected chi connectivity index (χ0v) is 12.5. The molecule has 0 aliphatic heterocycles. The number of amides is 1. The molecule has 1 N–H and O–H groups in total. The van der Waals surface area contributed by atoms with Crippen LogP contribution in [0.2, 0.25) is 0 Å². The molecule has 2 aromatic carbocycles. The molecular formula is C18H18N2O2. The second-order valence-electron chi connectivity index (χ2n) is 5.14. The molecule has 22 heavy (non-hydrogen) atoms. The van der Waals surface area contributed by atoms with Crippen molar-refractivity contribution in [2.24, 2.45) is 0 Å². The monoisotopic (exact) mass is 294 g/mol. The Morgan fingerprint density at radius 1 is 1.09 bits per heavy atom. The van der Waals surface area contributed by atoms with Crippen LogP contribution in [-0.2, 0) is 0 Å². The number of H-pyrrole nitrogens is 1. The summed E-state index contributed by atoms with van der Waals surface area (Å²) in [5.74, 6) is 0.810. The molecular weight excluding hydrogens is 276 g/mol. The van der Waals surface area contributed by atoms with E-state index in [0.717, 1.165) is 16.7 Å². The summed E-state index contributed by atoms with van der Waals surface area (Å²) in [4.78, 5) is 17.3. The van der Waals surface area contributed by atoms with Crippen molar-refractivity contribution in [1.82, 2.24) is 9.88 Å². The molecule has 1 aromatic heterocycles. The molecule has 0 saturated carbocycles. The van der Waals surface area contributed by atoms with Gasteiger partial charge in [-0.05, 0) is 18.2 Å². The van der Waals surface area contributed by atoms with Crippen LogP contribution < -0.4 is 4.74 Å². The Morgan fingerprint density at radius 3 is 2.64 bits per heavy atom. The molecule has 3 rings (SSSR count). The standard InChI is InChI=1S/C18H18N2O2/c1-20(11-12-22-14-7-3-2-4-8-14)18(21)16-13-19-17-10-6-5-9-15(16)17/h2-10,13,19H,11-12H2,1H3. The fraction of sp³-hybridized carbons (Fsp3) is 0.167. The number of likely N-dealkylation sites (N-methyl/N-ethyl adjacent to an activating group) is 1. The summed E-state index contributed by atoms with van der Waals surface area (Å²) in [6.07, 6.45) is 1.77. The van der Waals surface area contributed by atoms with E-state index in [-0.39, 0.29) is 5.91 Å². The van der Waals surface area contributed by atoms with E-state index in [1.54, 1.807) is 18.1 Å². The first-order valence-electron chi connectivity index (χ1n) is 7.25. The minimum Gasteiger partial charge on any atom is -0.492 e. The molecule has 0 aliphatic rings. The van der Waals surface area contributed by atoms with E-state index in [2.05, 4.69) is 4.98 Å². The molecule has 0 saturated heterocycles. The fourth-order valence-corrected chi connectivity index (χ4v) is 2.37. The molecule has 112 valence electrons. The van der Waals surface area contributed by atoms with Crippen LogP contribution in [0.5, 0.6) is 5.75 Å². The van der Waals surface area contributed by atoms with E-state index >= 15 is 0 Å². The van der Waals surface area contributed by atoms with Crippen LogP contribution in [0.1, 0.15) is 10.4 Å². The third-order valence-electron chi connectivity index (χ3n) is 3.60. The Bertz CT molecular complexity index is 765. The van der Waals surface area contributed by atoms with Gasteiger partial charge in [0.2, 0.25) is 0 Å². The molecule has 0 fully saturated rings. The zero-order chi connectivity index (χ0) is 15.4. The van der Waals surface area contributed by atoms with Crippen LogP contribution in [0.3, 0.4) is 0 Å². The third kappa shape index (κ3) is 2.96. The number of benzene rings is 2. The molecule has 0 bridgehead atoms. The summed E-state index contributed by atoms with van der Waals surface area (Å²) in [7, 11) is 1.79. The number of nitrogens with zero attached hydrogens (tertiary/aromatic N) is 1. The van der Waals surface area contributed by atoms with Crippen molar-refractivity contribution in [2.45, 2.75) is 0 Å². The Balaban J connectivity index is 1.62. The number of aromatic amines is 1. The molecule has 0 atom stereocenters. The second-order valence-corrected chi connectivity index (χ2v) is 5.14. The van der Waals surface area contributed by atoms with Gasteiger partial charge in [0.25, 0.3) is 5.91 Å². The minimum atomic E-state index is -0.00545. The van der Waals surface area contributed by atoms with E-state index in [0.29, 0.717) is 18.7 Å². The lowest BCUT2D eigenvalue weighted by Gasteiger charge is -2.17. The number of nitrogens with one attached hydrogen (secondary N) is 1. The maximum atomic E-state index is 12.5. The highest BCUT2D eigenvalue weighted by molar-refractivity contribution is 6.06. The van der Waals surface area contributed by atoms with Crippen LogP contribution in [0.4, 0.5) is 0 Å². The summed E-state index contributed by atoms with van der Waals surface area (Å²) < 4.78 is 5.63. The average Bonchev–Trinajstić information content (AvgIpc) is 2.99. The molecule has 0 radical (unpaired) electrons. The largest absolute Gasteiger partial charge is 0.492 e. The van der Waals surface area contributed by atoms with E-state index in [9.17, 15) is 4.79 Å². The second kappa shape index (κ2) is 6.35. The predicted octanol–water partition coefficient (Wildman–Crippen LogP) is 3.32. The van der Waals surface area contributed by atoms with E-state index in [1.165, 1.54) is 0 Å². The number of aromatic nitrogens is 1. The highest BCUT2D eigenvalue weighted by Gasteiger charge is 2.15. The molecule has 0 spiro atoms. The first-order chi connectivity index (χ1) is 10.8. The van der Waals surface area contributed by atoms with Gasteiger partial charge in [-0.1, -0.05) is 36.4 Å². The van der Waals surface area contributed by atoms with Gasteiger partial charge in [-0.15, -0.1) is 0 Å². The number of ether oxygens (including phenoxy) is 1. The number of para-hydroxylation sites is 2. The Morgan fingerprint density at radius 2 is 1.82 bits per heavy atom. The maximum Gasteiger partial charge on any atom is 0.255 e. The van der Waals surface area contributed by atoms with E-state index in [4.69, 9.17) is 4.74 Å². The average molecular weight is 294 g/mol. The Kier molecular flexibility index (Phi) is 4.10. The van der Waals surface area contributed by atoms with E-state index in [1.807, 2.05) is 54.6 Å². The number of hydrogen-bond acceptors (Lipinski definition) is 2. The van der Waals surface area contributed by atoms with Gasteiger partial charge in [-0.2, -0.15) is 0 Å². The normalized spacial score (nSPS) is 10.6. The van der Waals surface area contributed by atoms with Gasteiger partial charge in [0.05, 0.1) is 12.1 Å². The van der Waals surface area contributed by atoms with Gasteiger partial charge in [-0.3, -0.25) is 4.79 Å². The molecule has 1 heterocycles. The number of carbonyl (C=O) groups is 1. The number of hydrogen-bond donors (Lipinski definition) is 1. The number of carbonyl (C=O) groups excluding carboxylic acids is 1. The fourth-order valence-electron chi connectivity index (χ4n) is 2.37. The summed E-state index contributed by atoms with van der Waals surface area (Å²) in [6, 6.07) is 17.4. The van der Waals surface area contributed by atoms with Crippen molar-refractivity contribution in [3.8, 4) is 5.75 Å². The van der Waals surface area contributed by atoms with Gasteiger partial charge in [-0.25, -0.2) is 0 Å². The summed E-state index contributed by atoms with van der Waals surface area (Å²) in [5, 5.41) is 0.948. The Labute approximate surface area is 129 Å². The Hall–Kier alpha value is -2.75. The van der Waals surface area contributed by atoms with Gasteiger partial charge in [0.15, 0.2) is 0 Å². The van der Waals surface area contributed by atoms with E-state index < -0.39 is 0 Å². The smallest absolute Gasteiger partial charge is 0.255 e. The molecule has 4 heteroatoms. The van der Waals surface area contributed by atoms with Crippen LogP contribution >= 0.6 is 0 Å². The van der Waals surface area contributed by atoms with Crippen molar-refractivity contribution in [3.63, 3.8) is 0 Å². The molecule has 3 aromatic rings. The lowest BCUT2D eigenvalue weighted by atomic mass is 10.1. The van der Waals surface area contributed by atoms with Crippen molar-refractivity contribution >= 4 is 16.8 Å². The first-order valence-corrected chi connectivity index (χ1v) is 7.25. The highest BCUT2D eigenvalue weighted by Crippen LogP contribution is 2.19. The molecule has 0 aliphatic carbocycles. The van der Waals surface area contributed by atoms with Crippen LogP contribution in [-0.4, -0.2) is 36.0 Å². The summed E-state index contributed by atoms with van der Waals surface area (Å²) >= 11 is 0. The molecule has 0 unspecified atom stereocenters. The lowest BCUT2D eigenvalue weighted by Crippen LogP contribution is -2.30. The van der Waals surface area contributed by atoms with Gasteiger partial charge < -0.3 is 14.6 Å². The number of rotatable bonds is 5. The maximum absolute atomic E-state index is 12.5. The summed E-state index contributed by atoms with van der Waals surface area (Å²) in [5.41, 5.74) is 1.66. The number of fused-ring (bicyclic) bond motifs is 1. The zero-order valence-electron chi connectivity index (χ0n) is 12.5. The van der Waals surface area contributed by atoms with Gasteiger partial charge >= 0.3 is 0 Å². The SMILES string of the molecule is CN(CCOc1ccccc1)C(=O)c1c[nH]c2ccccc12. The van der Waals surface area contributed by atoms with Crippen molar-refractivity contribution in [3.05, 3.63) is 66.4 Å². The van der Waals surface area contributed by atoms with Gasteiger partial charge in [0.1, 0.15) is 12.4 Å². The molecule has 1 amide bonds. The van der Waals surface area contributed by atoms with Crippen molar-refractivity contribution < 1.29 is 9.53 Å². The first kappa shape index (κ1) is 14.2. The van der Waals surface area contributed by atoms with Crippen molar-refractivity contribution in [1.29, 1.82) is 0 Å². The van der Waals surface area contributed by atoms with Gasteiger partial charge in [0, 0.05) is 24.1 Å². The van der Waals surface area contributed by atoms with Crippen molar-refractivity contribution in [2.75, 3.05) is 20.2 Å². The topological polar surface area (TPSA) is 45.3 Å².